The molecule has 2 fully saturated rings. The second-order valence-electron chi connectivity index (χ2n) is 6.30. The van der Waals surface area contributed by atoms with Crippen LogP contribution < -0.4 is 5.32 Å². The molecule has 1 N–H and O–H groups in total. The zero-order valence-corrected chi connectivity index (χ0v) is 13.9. The van der Waals surface area contributed by atoms with Gasteiger partial charge in [0.1, 0.15) is 0 Å². The number of nitrogens with one attached hydrogen (secondary N) is 1. The van der Waals surface area contributed by atoms with Gasteiger partial charge in [-0.25, -0.2) is 4.79 Å². The molecule has 22 heavy (non-hydrogen) atoms. The third-order valence-electron chi connectivity index (χ3n) is 4.95. The lowest BCUT2D eigenvalue weighted by molar-refractivity contribution is 0.115. The topological polar surface area (TPSA) is 35.6 Å². The van der Waals surface area contributed by atoms with Crippen molar-refractivity contribution in [3.8, 4) is 0 Å². The summed E-state index contributed by atoms with van der Waals surface area (Å²) in [6.07, 6.45) is 5.38. The van der Waals surface area contributed by atoms with E-state index in [1.807, 2.05) is 30.0 Å². The molecule has 0 radical (unpaired) electrons. The summed E-state index contributed by atoms with van der Waals surface area (Å²) in [4.78, 5) is 16.9. The van der Waals surface area contributed by atoms with E-state index in [2.05, 4.69) is 10.2 Å². The Bertz CT molecular complexity index is 535. The number of anilines is 1. The minimum Gasteiger partial charge on any atom is -0.322 e. The first-order valence-electron chi connectivity index (χ1n) is 8.20. The Morgan fingerprint density at radius 3 is 2.55 bits per heavy atom. The van der Waals surface area contributed by atoms with E-state index in [4.69, 9.17) is 11.6 Å². The fraction of sp³-hybridized carbons (Fsp3) is 0.588. The predicted molar refractivity (Wildman–Crippen MR) is 90.6 cm³/mol. The first-order chi connectivity index (χ1) is 10.6. The zero-order valence-electron chi connectivity index (χ0n) is 13.1. The number of urea groups is 1. The molecule has 0 atom stereocenters. The van der Waals surface area contributed by atoms with E-state index in [1.165, 1.54) is 25.7 Å². The summed E-state index contributed by atoms with van der Waals surface area (Å²) in [5.41, 5.74) is 1.72. The van der Waals surface area contributed by atoms with Crippen LogP contribution in [-0.2, 0) is 0 Å². The average molecular weight is 322 g/mol. The lowest BCUT2D eigenvalue weighted by Crippen LogP contribution is -2.52. The van der Waals surface area contributed by atoms with E-state index < -0.39 is 0 Å². The quantitative estimate of drug-likeness (QED) is 0.900. The van der Waals surface area contributed by atoms with Crippen molar-refractivity contribution in [3.05, 3.63) is 28.8 Å². The Labute approximate surface area is 137 Å². The van der Waals surface area contributed by atoms with Crippen LogP contribution in [0.2, 0.25) is 5.02 Å². The molecule has 1 aliphatic carbocycles. The van der Waals surface area contributed by atoms with Gasteiger partial charge in [-0.3, -0.25) is 4.90 Å². The lowest BCUT2D eigenvalue weighted by Gasteiger charge is -2.38. The highest BCUT2D eigenvalue weighted by Gasteiger charge is 2.27. The molecule has 3 rings (SSSR count). The van der Waals surface area contributed by atoms with Gasteiger partial charge in [0.15, 0.2) is 0 Å². The molecule has 0 bridgehead atoms. The number of hydrogen-bond acceptors (Lipinski definition) is 2. The first-order valence-corrected chi connectivity index (χ1v) is 8.58. The van der Waals surface area contributed by atoms with E-state index in [9.17, 15) is 4.79 Å². The monoisotopic (exact) mass is 321 g/mol. The third-order valence-corrected chi connectivity index (χ3v) is 5.36. The summed E-state index contributed by atoms with van der Waals surface area (Å²) in [5.74, 6) is 0. The van der Waals surface area contributed by atoms with Gasteiger partial charge >= 0.3 is 6.03 Å². The van der Waals surface area contributed by atoms with Gasteiger partial charge in [0.25, 0.3) is 0 Å². The fourth-order valence-electron chi connectivity index (χ4n) is 3.50. The van der Waals surface area contributed by atoms with Gasteiger partial charge in [-0.1, -0.05) is 30.5 Å². The zero-order chi connectivity index (χ0) is 15.5. The Balaban J connectivity index is 1.54. The number of amides is 2. The van der Waals surface area contributed by atoms with Crippen LogP contribution in [0, 0.1) is 6.92 Å². The Kier molecular flexibility index (Phi) is 4.89. The molecule has 0 aromatic heterocycles. The van der Waals surface area contributed by atoms with E-state index in [-0.39, 0.29) is 6.03 Å². The van der Waals surface area contributed by atoms with Crippen LogP contribution in [0.5, 0.6) is 0 Å². The van der Waals surface area contributed by atoms with E-state index in [0.717, 1.165) is 43.5 Å². The molecule has 1 heterocycles. The summed E-state index contributed by atoms with van der Waals surface area (Å²) >= 11 is 6.10. The molecule has 4 nitrogen and oxygen atoms in total. The van der Waals surface area contributed by atoms with Crippen LogP contribution in [0.4, 0.5) is 10.5 Å². The van der Waals surface area contributed by atoms with Crippen molar-refractivity contribution in [2.45, 2.75) is 38.6 Å². The van der Waals surface area contributed by atoms with Crippen molar-refractivity contribution in [1.29, 1.82) is 0 Å². The van der Waals surface area contributed by atoms with Crippen LogP contribution >= 0.6 is 11.6 Å². The summed E-state index contributed by atoms with van der Waals surface area (Å²) in [6.45, 7) is 5.53. The van der Waals surface area contributed by atoms with Crippen LogP contribution in [0.15, 0.2) is 18.2 Å². The second kappa shape index (κ2) is 6.88. The van der Waals surface area contributed by atoms with Crippen LogP contribution in [0.3, 0.4) is 0 Å². The predicted octanol–water partition coefficient (Wildman–Crippen LogP) is 3.74. The van der Waals surface area contributed by atoms with Crippen molar-refractivity contribution in [1.82, 2.24) is 9.80 Å². The maximum atomic E-state index is 12.4. The summed E-state index contributed by atoms with van der Waals surface area (Å²) in [7, 11) is 0. The summed E-state index contributed by atoms with van der Waals surface area (Å²) in [6, 6.07) is 6.33. The molecule has 1 saturated heterocycles. The number of nitrogens with zero attached hydrogens (tertiary/aromatic N) is 2. The molecular formula is C17H24ClN3O. The van der Waals surface area contributed by atoms with Gasteiger partial charge in [0, 0.05) is 42.9 Å². The van der Waals surface area contributed by atoms with Gasteiger partial charge in [0.05, 0.1) is 0 Å². The van der Waals surface area contributed by atoms with E-state index >= 15 is 0 Å². The summed E-state index contributed by atoms with van der Waals surface area (Å²) in [5, 5.41) is 3.67. The van der Waals surface area contributed by atoms with Gasteiger partial charge in [0.2, 0.25) is 0 Å². The smallest absolute Gasteiger partial charge is 0.321 e. The first kappa shape index (κ1) is 15.6. The van der Waals surface area contributed by atoms with Gasteiger partial charge in [-0.2, -0.15) is 0 Å². The number of rotatable bonds is 2. The highest BCUT2D eigenvalue weighted by Crippen LogP contribution is 2.25. The van der Waals surface area contributed by atoms with Crippen LogP contribution in [0.1, 0.15) is 31.2 Å². The number of carbonyl (C=O) groups is 1. The van der Waals surface area contributed by atoms with Gasteiger partial charge in [-0.05, 0) is 37.5 Å². The Hall–Kier alpha value is -1.26. The van der Waals surface area contributed by atoms with Crippen molar-refractivity contribution < 1.29 is 4.79 Å². The molecule has 0 unspecified atom stereocenters. The molecule has 2 amide bonds. The summed E-state index contributed by atoms with van der Waals surface area (Å²) < 4.78 is 0. The van der Waals surface area contributed by atoms with Gasteiger partial charge in [-0.15, -0.1) is 0 Å². The molecular weight excluding hydrogens is 298 g/mol. The number of benzene rings is 1. The standard InChI is InChI=1S/C17H24ClN3O/c1-13-15(18)7-4-8-16(13)19-17(22)21-11-9-20(10-12-21)14-5-2-3-6-14/h4,7-8,14H,2-3,5-6,9-12H2,1H3,(H,19,22). The van der Waals surface area contributed by atoms with Gasteiger partial charge < -0.3 is 10.2 Å². The molecule has 120 valence electrons. The molecule has 1 saturated carbocycles. The number of hydrogen-bond donors (Lipinski definition) is 1. The SMILES string of the molecule is Cc1c(Cl)cccc1NC(=O)N1CCN(C2CCCC2)CC1. The molecule has 1 aromatic carbocycles. The third kappa shape index (κ3) is 3.39. The van der Waals surface area contributed by atoms with Crippen molar-refractivity contribution >= 4 is 23.3 Å². The number of piperazine rings is 1. The van der Waals surface area contributed by atoms with Crippen molar-refractivity contribution in [2.24, 2.45) is 0 Å². The van der Waals surface area contributed by atoms with Crippen LogP contribution in [-0.4, -0.2) is 48.1 Å². The maximum Gasteiger partial charge on any atom is 0.321 e. The molecule has 1 aliphatic heterocycles. The van der Waals surface area contributed by atoms with Crippen molar-refractivity contribution in [2.75, 3.05) is 31.5 Å². The molecule has 1 aromatic rings. The average Bonchev–Trinajstić information content (AvgIpc) is 3.06. The highest BCUT2D eigenvalue weighted by atomic mass is 35.5. The minimum absolute atomic E-state index is 0.0172. The molecule has 0 spiro atoms. The fourth-order valence-corrected chi connectivity index (χ4v) is 3.67. The Morgan fingerprint density at radius 2 is 1.86 bits per heavy atom. The Morgan fingerprint density at radius 1 is 1.18 bits per heavy atom. The van der Waals surface area contributed by atoms with E-state index in [0.29, 0.717) is 5.02 Å². The maximum absolute atomic E-state index is 12.4. The largest absolute Gasteiger partial charge is 0.322 e. The molecule has 2 aliphatic rings. The second-order valence-corrected chi connectivity index (χ2v) is 6.71. The normalized spacial score (nSPS) is 20.4. The van der Waals surface area contributed by atoms with Crippen LogP contribution in [0.25, 0.3) is 0 Å². The minimum atomic E-state index is -0.0172. The molecule has 5 heteroatoms. The van der Waals surface area contributed by atoms with Crippen molar-refractivity contribution in [3.63, 3.8) is 0 Å². The van der Waals surface area contributed by atoms with E-state index in [1.54, 1.807) is 0 Å². The number of halogens is 1. The lowest BCUT2D eigenvalue weighted by atomic mass is 10.2. The highest BCUT2D eigenvalue weighted by molar-refractivity contribution is 6.31. The number of carbonyl (C=O) groups excluding carboxylic acids is 1.